The first-order valence-electron chi connectivity index (χ1n) is 10.8. The van der Waals surface area contributed by atoms with Crippen molar-refractivity contribution in [2.75, 3.05) is 6.61 Å². The van der Waals surface area contributed by atoms with Crippen molar-refractivity contribution in [3.05, 3.63) is 87.5 Å². The van der Waals surface area contributed by atoms with Gasteiger partial charge in [0.1, 0.15) is 23.2 Å². The first-order chi connectivity index (χ1) is 16.4. The average Bonchev–Trinajstić information content (AvgIpc) is 2.83. The number of carbonyl (C=O) groups is 1. The van der Waals surface area contributed by atoms with Gasteiger partial charge in [-0.3, -0.25) is 14.0 Å². The highest BCUT2D eigenvalue weighted by Gasteiger charge is 2.16. The van der Waals surface area contributed by atoms with E-state index in [1.807, 2.05) is 19.9 Å². The van der Waals surface area contributed by atoms with Crippen LogP contribution in [0.25, 0.3) is 16.7 Å². The summed E-state index contributed by atoms with van der Waals surface area (Å²) in [6, 6.07) is 14.0. The van der Waals surface area contributed by atoms with E-state index in [2.05, 4.69) is 9.98 Å². The molecule has 0 aliphatic heterocycles. The highest BCUT2D eigenvalue weighted by atomic mass is 19.1. The summed E-state index contributed by atoms with van der Waals surface area (Å²) in [4.78, 5) is 34.7. The molecule has 3 aromatic heterocycles. The Morgan fingerprint density at radius 2 is 2.00 bits per heavy atom. The summed E-state index contributed by atoms with van der Waals surface area (Å²) in [6.45, 7) is 4.52. The number of pyridine rings is 2. The van der Waals surface area contributed by atoms with E-state index >= 15 is 0 Å². The van der Waals surface area contributed by atoms with Crippen LogP contribution in [0.2, 0.25) is 0 Å². The van der Waals surface area contributed by atoms with Gasteiger partial charge in [-0.25, -0.2) is 9.37 Å². The topological polar surface area (TPSA) is 102 Å². The molecule has 1 aromatic carbocycles. The van der Waals surface area contributed by atoms with Crippen LogP contribution < -0.4 is 11.0 Å². The Bertz CT molecular complexity index is 1560. The van der Waals surface area contributed by atoms with Crippen molar-refractivity contribution < 1.29 is 13.9 Å². The van der Waals surface area contributed by atoms with Crippen molar-refractivity contribution in [2.45, 2.75) is 32.9 Å². The number of nitrogens with zero attached hydrogens (tertiary/aromatic N) is 5. The molecular formula is C25H22FN5O3. The SMILES string of the molecule is CC(C)OCCCn1c(=NC(=O)c2ccccc2F)c(C#N)cc2c(=O)n3ccccc3nc21. The maximum atomic E-state index is 14.2. The Kier molecular flexibility index (Phi) is 6.61. The van der Waals surface area contributed by atoms with Gasteiger partial charge in [0.25, 0.3) is 11.5 Å². The third-order valence-electron chi connectivity index (χ3n) is 5.20. The number of hydrogen-bond donors (Lipinski definition) is 0. The van der Waals surface area contributed by atoms with E-state index in [1.54, 1.807) is 29.0 Å². The van der Waals surface area contributed by atoms with E-state index in [0.29, 0.717) is 18.7 Å². The first-order valence-corrected chi connectivity index (χ1v) is 10.8. The molecule has 0 spiro atoms. The standard InChI is InChI=1S/C25H22FN5O3/c1-16(2)34-13-7-12-31-22(29-24(32)18-8-3-4-9-20(18)26)17(15-27)14-19-23(31)28-21-10-5-6-11-30(21)25(19)33/h3-6,8-11,14,16H,7,12-13H2,1-2H3. The van der Waals surface area contributed by atoms with Crippen LogP contribution in [0.4, 0.5) is 4.39 Å². The van der Waals surface area contributed by atoms with E-state index in [1.165, 1.54) is 34.7 Å². The lowest BCUT2D eigenvalue weighted by atomic mass is 10.2. The molecule has 0 saturated carbocycles. The predicted molar refractivity (Wildman–Crippen MR) is 124 cm³/mol. The van der Waals surface area contributed by atoms with Gasteiger partial charge in [-0.05, 0) is 50.6 Å². The van der Waals surface area contributed by atoms with Crippen molar-refractivity contribution in [2.24, 2.45) is 4.99 Å². The van der Waals surface area contributed by atoms with E-state index in [-0.39, 0.29) is 45.9 Å². The molecule has 0 aliphatic carbocycles. The molecule has 0 fully saturated rings. The van der Waals surface area contributed by atoms with Crippen LogP contribution in [-0.2, 0) is 11.3 Å². The minimum Gasteiger partial charge on any atom is -0.379 e. The normalized spacial score (nSPS) is 11.9. The molecule has 34 heavy (non-hydrogen) atoms. The smallest absolute Gasteiger partial charge is 0.281 e. The van der Waals surface area contributed by atoms with Gasteiger partial charge >= 0.3 is 0 Å². The summed E-state index contributed by atoms with van der Waals surface area (Å²) in [6.07, 6.45) is 2.14. The van der Waals surface area contributed by atoms with Gasteiger partial charge in [0.15, 0.2) is 5.49 Å². The van der Waals surface area contributed by atoms with E-state index < -0.39 is 11.7 Å². The molecule has 8 nitrogen and oxygen atoms in total. The maximum absolute atomic E-state index is 14.2. The fourth-order valence-corrected chi connectivity index (χ4v) is 3.63. The van der Waals surface area contributed by atoms with E-state index in [9.17, 15) is 19.2 Å². The second-order valence-corrected chi connectivity index (χ2v) is 7.90. The second kappa shape index (κ2) is 9.77. The van der Waals surface area contributed by atoms with Gasteiger partial charge in [0, 0.05) is 19.3 Å². The Morgan fingerprint density at radius 1 is 1.24 bits per heavy atom. The van der Waals surface area contributed by atoms with Crippen LogP contribution in [0.3, 0.4) is 0 Å². The summed E-state index contributed by atoms with van der Waals surface area (Å²) in [7, 11) is 0. The van der Waals surface area contributed by atoms with Crippen molar-refractivity contribution >= 4 is 22.6 Å². The summed E-state index contributed by atoms with van der Waals surface area (Å²) in [5.74, 6) is -1.55. The van der Waals surface area contributed by atoms with E-state index in [0.717, 1.165) is 0 Å². The highest BCUT2D eigenvalue weighted by molar-refractivity contribution is 5.95. The number of hydrogen-bond acceptors (Lipinski definition) is 5. The van der Waals surface area contributed by atoms with Crippen LogP contribution in [0, 0.1) is 17.1 Å². The van der Waals surface area contributed by atoms with Gasteiger partial charge in [-0.2, -0.15) is 10.3 Å². The molecule has 0 unspecified atom stereocenters. The molecule has 0 radical (unpaired) electrons. The summed E-state index contributed by atoms with van der Waals surface area (Å²) >= 11 is 0. The molecule has 1 amide bonds. The van der Waals surface area contributed by atoms with Crippen molar-refractivity contribution in [3.63, 3.8) is 0 Å². The Morgan fingerprint density at radius 3 is 2.74 bits per heavy atom. The van der Waals surface area contributed by atoms with Crippen molar-refractivity contribution in [1.29, 1.82) is 5.26 Å². The second-order valence-electron chi connectivity index (χ2n) is 7.90. The van der Waals surface area contributed by atoms with Crippen LogP contribution in [0.15, 0.2) is 64.5 Å². The third kappa shape index (κ3) is 4.49. The third-order valence-corrected chi connectivity index (χ3v) is 5.20. The van der Waals surface area contributed by atoms with Gasteiger partial charge in [0.05, 0.1) is 22.6 Å². The largest absolute Gasteiger partial charge is 0.379 e. The molecule has 3 heterocycles. The minimum absolute atomic E-state index is 0.0109. The lowest BCUT2D eigenvalue weighted by molar-refractivity contribution is 0.0748. The molecule has 4 aromatic rings. The molecule has 172 valence electrons. The fraction of sp³-hybridized carbons (Fsp3) is 0.240. The fourth-order valence-electron chi connectivity index (χ4n) is 3.63. The van der Waals surface area contributed by atoms with Crippen molar-refractivity contribution in [1.82, 2.24) is 14.0 Å². The lowest BCUT2D eigenvalue weighted by Gasteiger charge is -2.14. The van der Waals surface area contributed by atoms with Gasteiger partial charge in [0.2, 0.25) is 0 Å². The summed E-state index contributed by atoms with van der Waals surface area (Å²) in [5.41, 5.74) is 0.142. The Labute approximate surface area is 194 Å². The predicted octanol–water partition coefficient (Wildman–Crippen LogP) is 3.22. The molecule has 0 bridgehead atoms. The number of ether oxygens (including phenoxy) is 1. The molecule has 0 aliphatic rings. The first kappa shape index (κ1) is 23.0. The number of fused-ring (bicyclic) bond motifs is 2. The zero-order valence-electron chi connectivity index (χ0n) is 18.7. The van der Waals surface area contributed by atoms with Gasteiger partial charge in [-0.15, -0.1) is 0 Å². The van der Waals surface area contributed by atoms with Gasteiger partial charge < -0.3 is 9.30 Å². The quantitative estimate of drug-likeness (QED) is 0.325. The highest BCUT2D eigenvalue weighted by Crippen LogP contribution is 2.12. The van der Waals surface area contributed by atoms with E-state index in [4.69, 9.17) is 4.74 Å². The number of benzene rings is 1. The number of aromatic nitrogens is 3. The number of aryl methyl sites for hydroxylation is 1. The summed E-state index contributed by atoms with van der Waals surface area (Å²) in [5, 5.41) is 10.0. The summed E-state index contributed by atoms with van der Waals surface area (Å²) < 4.78 is 22.8. The molecule has 4 rings (SSSR count). The van der Waals surface area contributed by atoms with Crippen LogP contribution in [-0.4, -0.2) is 32.6 Å². The Balaban J connectivity index is 1.99. The van der Waals surface area contributed by atoms with Crippen LogP contribution >= 0.6 is 0 Å². The number of halogens is 1. The molecular weight excluding hydrogens is 437 g/mol. The Hall–Kier alpha value is -4.16. The number of amides is 1. The number of nitriles is 1. The molecule has 0 N–H and O–H groups in total. The monoisotopic (exact) mass is 459 g/mol. The minimum atomic E-state index is -0.835. The van der Waals surface area contributed by atoms with Crippen LogP contribution in [0.1, 0.15) is 36.2 Å². The number of rotatable bonds is 6. The van der Waals surface area contributed by atoms with Crippen LogP contribution in [0.5, 0.6) is 0 Å². The average molecular weight is 459 g/mol. The molecule has 0 atom stereocenters. The van der Waals surface area contributed by atoms with Gasteiger partial charge in [-0.1, -0.05) is 18.2 Å². The zero-order valence-corrected chi connectivity index (χ0v) is 18.7. The van der Waals surface area contributed by atoms with Crippen molar-refractivity contribution in [3.8, 4) is 6.07 Å². The lowest BCUT2D eigenvalue weighted by Crippen LogP contribution is -2.30. The molecule has 9 heteroatoms. The maximum Gasteiger partial charge on any atom is 0.281 e. The molecule has 0 saturated heterocycles. The zero-order chi connectivity index (χ0) is 24.2. The number of carbonyl (C=O) groups excluding carboxylic acids is 1.